The summed E-state index contributed by atoms with van der Waals surface area (Å²) in [6.45, 7) is 4.11. The zero-order valence-corrected chi connectivity index (χ0v) is 13.1. The zero-order chi connectivity index (χ0) is 15.9. The number of ether oxygens (including phenoxy) is 2. The van der Waals surface area contributed by atoms with Gasteiger partial charge in [0.15, 0.2) is 6.10 Å². The van der Waals surface area contributed by atoms with E-state index >= 15 is 0 Å². The number of para-hydroxylation sites is 1. The van der Waals surface area contributed by atoms with Gasteiger partial charge in [0.1, 0.15) is 5.75 Å². The van der Waals surface area contributed by atoms with Crippen molar-refractivity contribution in [1.82, 2.24) is 5.32 Å². The summed E-state index contributed by atoms with van der Waals surface area (Å²) in [6.07, 6.45) is 2.05. The average molecular weight is 305 g/mol. The second-order valence-corrected chi connectivity index (χ2v) is 5.46. The highest BCUT2D eigenvalue weighted by molar-refractivity contribution is 5.83. The Morgan fingerprint density at radius 1 is 1.32 bits per heavy atom. The molecule has 1 aliphatic rings. The fourth-order valence-electron chi connectivity index (χ4n) is 2.10. The van der Waals surface area contributed by atoms with Crippen molar-refractivity contribution in [2.45, 2.75) is 51.7 Å². The first-order valence-corrected chi connectivity index (χ1v) is 7.80. The van der Waals surface area contributed by atoms with E-state index in [4.69, 9.17) is 9.47 Å². The molecule has 0 bridgehead atoms. The second-order valence-electron chi connectivity index (χ2n) is 5.46. The number of amides is 1. The third kappa shape index (κ3) is 5.06. The smallest absolute Gasteiger partial charge is 0.306 e. The van der Waals surface area contributed by atoms with Crippen molar-refractivity contribution in [1.29, 1.82) is 0 Å². The molecule has 1 aliphatic carbocycles. The third-order valence-electron chi connectivity index (χ3n) is 3.47. The van der Waals surface area contributed by atoms with Gasteiger partial charge in [-0.3, -0.25) is 9.59 Å². The van der Waals surface area contributed by atoms with E-state index in [2.05, 4.69) is 5.32 Å². The van der Waals surface area contributed by atoms with E-state index in [1.807, 2.05) is 31.2 Å². The maximum absolute atomic E-state index is 11.9. The lowest BCUT2D eigenvalue weighted by Crippen LogP contribution is -2.37. The summed E-state index contributed by atoms with van der Waals surface area (Å²) in [5.74, 6) is 0.202. The van der Waals surface area contributed by atoms with Crippen LogP contribution < -0.4 is 10.1 Å². The topological polar surface area (TPSA) is 64.6 Å². The summed E-state index contributed by atoms with van der Waals surface area (Å²) in [6, 6.07) is 7.90. The van der Waals surface area contributed by atoms with Crippen LogP contribution >= 0.6 is 0 Å². The van der Waals surface area contributed by atoms with E-state index in [1.165, 1.54) is 0 Å². The van der Waals surface area contributed by atoms with Crippen LogP contribution in [0.3, 0.4) is 0 Å². The third-order valence-corrected chi connectivity index (χ3v) is 3.47. The maximum atomic E-state index is 11.9. The molecule has 5 heteroatoms. The molecule has 1 atom stereocenters. The minimum Gasteiger partial charge on any atom is -0.494 e. The van der Waals surface area contributed by atoms with Crippen molar-refractivity contribution in [2.75, 3.05) is 6.61 Å². The lowest BCUT2D eigenvalue weighted by Gasteiger charge is -2.14. The van der Waals surface area contributed by atoms with Gasteiger partial charge >= 0.3 is 5.97 Å². The Hall–Kier alpha value is -2.04. The summed E-state index contributed by atoms with van der Waals surface area (Å²) >= 11 is 0. The van der Waals surface area contributed by atoms with Crippen LogP contribution in [0.15, 0.2) is 24.3 Å². The molecule has 0 spiro atoms. The number of aryl methyl sites for hydroxylation is 1. The first-order valence-electron chi connectivity index (χ1n) is 7.80. The van der Waals surface area contributed by atoms with Gasteiger partial charge in [0.25, 0.3) is 5.91 Å². The van der Waals surface area contributed by atoms with Gasteiger partial charge in [-0.1, -0.05) is 18.2 Å². The average Bonchev–Trinajstić information content (AvgIpc) is 3.30. The van der Waals surface area contributed by atoms with Gasteiger partial charge in [0.05, 0.1) is 6.61 Å². The van der Waals surface area contributed by atoms with Crippen LogP contribution in [-0.2, 0) is 20.7 Å². The number of esters is 1. The van der Waals surface area contributed by atoms with Gasteiger partial charge in [-0.05, 0) is 44.7 Å². The number of hydrogen-bond acceptors (Lipinski definition) is 4. The molecule has 1 fully saturated rings. The molecule has 0 unspecified atom stereocenters. The Balaban J connectivity index is 1.78. The molecule has 0 aliphatic heterocycles. The fourth-order valence-corrected chi connectivity index (χ4v) is 2.10. The Bertz CT molecular complexity index is 525. The molecule has 22 heavy (non-hydrogen) atoms. The highest BCUT2D eigenvalue weighted by Crippen LogP contribution is 2.20. The zero-order valence-electron chi connectivity index (χ0n) is 13.1. The number of nitrogens with one attached hydrogen (secondary N) is 1. The monoisotopic (exact) mass is 305 g/mol. The predicted octanol–water partition coefficient (Wildman–Crippen LogP) is 2.23. The molecule has 2 rings (SSSR count). The maximum Gasteiger partial charge on any atom is 0.306 e. The molecule has 0 aromatic heterocycles. The molecule has 1 N–H and O–H groups in total. The van der Waals surface area contributed by atoms with Crippen molar-refractivity contribution in [2.24, 2.45) is 0 Å². The van der Waals surface area contributed by atoms with Crippen molar-refractivity contribution in [3.05, 3.63) is 29.8 Å². The molecule has 0 saturated heterocycles. The lowest BCUT2D eigenvalue weighted by molar-refractivity contribution is -0.154. The quantitative estimate of drug-likeness (QED) is 0.748. The van der Waals surface area contributed by atoms with E-state index in [1.54, 1.807) is 6.92 Å². The fraction of sp³-hybridized carbons (Fsp3) is 0.529. The first-order chi connectivity index (χ1) is 10.6. The SMILES string of the molecule is CCOc1ccccc1CCC(=O)O[C@H](C)C(=O)NC1CC1. The molecular formula is C17H23NO4. The van der Waals surface area contributed by atoms with Crippen molar-refractivity contribution < 1.29 is 19.1 Å². The van der Waals surface area contributed by atoms with Crippen molar-refractivity contribution >= 4 is 11.9 Å². The Morgan fingerprint density at radius 3 is 2.73 bits per heavy atom. The molecular weight excluding hydrogens is 282 g/mol. The second kappa shape index (κ2) is 7.82. The van der Waals surface area contributed by atoms with Crippen molar-refractivity contribution in [3.63, 3.8) is 0 Å². The lowest BCUT2D eigenvalue weighted by atomic mass is 10.1. The molecule has 0 radical (unpaired) electrons. The molecule has 5 nitrogen and oxygen atoms in total. The summed E-state index contributed by atoms with van der Waals surface area (Å²) in [5.41, 5.74) is 0.969. The van der Waals surface area contributed by atoms with Crippen LogP contribution in [0.2, 0.25) is 0 Å². The summed E-state index contributed by atoms with van der Waals surface area (Å²) in [7, 11) is 0. The predicted molar refractivity (Wildman–Crippen MR) is 82.7 cm³/mol. The van der Waals surface area contributed by atoms with Crippen LogP contribution in [-0.4, -0.2) is 30.6 Å². The van der Waals surface area contributed by atoms with Crippen LogP contribution in [0.4, 0.5) is 0 Å². The highest BCUT2D eigenvalue weighted by atomic mass is 16.5. The molecule has 1 amide bonds. The molecule has 1 saturated carbocycles. The minimum atomic E-state index is -0.741. The molecule has 1 aromatic rings. The number of hydrogen-bond donors (Lipinski definition) is 1. The normalized spacial score (nSPS) is 15.0. The van der Waals surface area contributed by atoms with E-state index in [-0.39, 0.29) is 24.3 Å². The van der Waals surface area contributed by atoms with E-state index in [9.17, 15) is 9.59 Å². The van der Waals surface area contributed by atoms with Gasteiger partial charge in [-0.25, -0.2) is 0 Å². The number of carbonyl (C=O) groups excluding carboxylic acids is 2. The van der Waals surface area contributed by atoms with E-state index in [0.29, 0.717) is 13.0 Å². The molecule has 1 aromatic carbocycles. The Kier molecular flexibility index (Phi) is 5.81. The van der Waals surface area contributed by atoms with Crippen molar-refractivity contribution in [3.8, 4) is 5.75 Å². The Labute approximate surface area is 131 Å². The van der Waals surface area contributed by atoms with Gasteiger partial charge in [0.2, 0.25) is 0 Å². The van der Waals surface area contributed by atoms with Gasteiger partial charge < -0.3 is 14.8 Å². The van der Waals surface area contributed by atoms with Crippen LogP contribution in [0, 0.1) is 0 Å². The number of carbonyl (C=O) groups is 2. The standard InChI is InChI=1S/C17H23NO4/c1-3-21-15-7-5-4-6-13(15)8-11-16(19)22-12(2)17(20)18-14-9-10-14/h4-7,12,14H,3,8-11H2,1-2H3,(H,18,20)/t12-/m1/s1. The van der Waals surface area contributed by atoms with Crippen LogP contribution in [0.5, 0.6) is 5.75 Å². The first kappa shape index (κ1) is 16.3. The largest absolute Gasteiger partial charge is 0.494 e. The van der Waals surface area contributed by atoms with Crippen LogP contribution in [0.1, 0.15) is 38.7 Å². The molecule has 120 valence electrons. The van der Waals surface area contributed by atoms with Gasteiger partial charge in [-0.15, -0.1) is 0 Å². The molecule has 0 heterocycles. The highest BCUT2D eigenvalue weighted by Gasteiger charge is 2.27. The number of rotatable bonds is 8. The van der Waals surface area contributed by atoms with Gasteiger partial charge in [0, 0.05) is 12.5 Å². The van der Waals surface area contributed by atoms with Crippen LogP contribution in [0.25, 0.3) is 0 Å². The number of benzene rings is 1. The van der Waals surface area contributed by atoms with E-state index < -0.39 is 6.10 Å². The van der Waals surface area contributed by atoms with Gasteiger partial charge in [-0.2, -0.15) is 0 Å². The summed E-state index contributed by atoms with van der Waals surface area (Å²) in [4.78, 5) is 23.6. The minimum absolute atomic E-state index is 0.217. The Morgan fingerprint density at radius 2 is 2.05 bits per heavy atom. The summed E-state index contributed by atoms with van der Waals surface area (Å²) < 4.78 is 10.7. The summed E-state index contributed by atoms with van der Waals surface area (Å²) in [5, 5.41) is 2.82. The van der Waals surface area contributed by atoms with E-state index in [0.717, 1.165) is 24.2 Å².